The number of benzene rings is 1. The predicted octanol–water partition coefficient (Wildman–Crippen LogP) is 1.13. The number of nitrogens with one attached hydrogen (secondary N) is 1. The standard InChI is InChI=1S/C18H25N5O3S/c1-13-6-3-4-8-17(13)23-14(2)16(11-20-23)18(24)22-9-5-7-15(12-22)10-21-27(19,25)26/h3-4,6,8,11,15,21H,5,7,9-10,12H2,1-2H3,(H2,19,25,26). The first-order valence-corrected chi connectivity index (χ1v) is 10.5. The van der Waals surface area contributed by atoms with Crippen LogP contribution in [0.15, 0.2) is 30.5 Å². The second-order valence-electron chi connectivity index (χ2n) is 6.99. The van der Waals surface area contributed by atoms with Crippen LogP contribution >= 0.6 is 0 Å². The highest BCUT2D eigenvalue weighted by Crippen LogP contribution is 2.22. The van der Waals surface area contributed by atoms with Crippen molar-refractivity contribution in [3.63, 3.8) is 0 Å². The summed E-state index contributed by atoms with van der Waals surface area (Å²) in [7, 11) is -3.72. The molecule has 0 saturated carbocycles. The number of rotatable bonds is 5. The smallest absolute Gasteiger partial charge is 0.274 e. The molecule has 0 aliphatic carbocycles. The molecule has 8 nitrogen and oxygen atoms in total. The lowest BCUT2D eigenvalue weighted by molar-refractivity contribution is 0.0675. The van der Waals surface area contributed by atoms with E-state index in [0.29, 0.717) is 18.7 Å². The minimum Gasteiger partial charge on any atom is -0.338 e. The minimum absolute atomic E-state index is 0.0488. The third kappa shape index (κ3) is 4.55. The molecule has 9 heteroatoms. The third-order valence-electron chi connectivity index (χ3n) is 4.96. The van der Waals surface area contributed by atoms with Crippen LogP contribution in [0.1, 0.15) is 34.5 Å². The highest BCUT2D eigenvalue weighted by Gasteiger charge is 2.27. The summed E-state index contributed by atoms with van der Waals surface area (Å²) >= 11 is 0. The molecule has 1 atom stereocenters. The topological polar surface area (TPSA) is 110 Å². The summed E-state index contributed by atoms with van der Waals surface area (Å²) < 4.78 is 26.3. The Balaban J connectivity index is 1.75. The number of piperidine rings is 1. The van der Waals surface area contributed by atoms with E-state index in [-0.39, 0.29) is 18.4 Å². The summed E-state index contributed by atoms with van der Waals surface area (Å²) in [6.07, 6.45) is 3.29. The largest absolute Gasteiger partial charge is 0.338 e. The van der Waals surface area contributed by atoms with Crippen LogP contribution in [0, 0.1) is 19.8 Å². The number of carbonyl (C=O) groups excluding carboxylic acids is 1. The molecule has 1 amide bonds. The van der Waals surface area contributed by atoms with Gasteiger partial charge in [0.2, 0.25) is 0 Å². The number of hydrogen-bond acceptors (Lipinski definition) is 4. The van der Waals surface area contributed by atoms with Crippen molar-refractivity contribution in [1.82, 2.24) is 19.4 Å². The predicted molar refractivity (Wildman–Crippen MR) is 103 cm³/mol. The molecule has 1 aliphatic heterocycles. The lowest BCUT2D eigenvalue weighted by atomic mass is 9.97. The number of carbonyl (C=O) groups is 1. The van der Waals surface area contributed by atoms with Gasteiger partial charge in [-0.2, -0.15) is 13.5 Å². The van der Waals surface area contributed by atoms with Crippen molar-refractivity contribution in [2.75, 3.05) is 19.6 Å². The number of likely N-dealkylation sites (tertiary alicyclic amines) is 1. The molecule has 2 heterocycles. The first-order valence-electron chi connectivity index (χ1n) is 8.93. The maximum Gasteiger partial charge on any atom is 0.274 e. The van der Waals surface area contributed by atoms with Crippen molar-refractivity contribution in [2.24, 2.45) is 11.1 Å². The fraction of sp³-hybridized carbons (Fsp3) is 0.444. The Bertz CT molecular complexity index is 938. The number of amides is 1. The first kappa shape index (κ1) is 19.5. The number of para-hydroxylation sites is 1. The highest BCUT2D eigenvalue weighted by atomic mass is 32.2. The van der Waals surface area contributed by atoms with Crippen LogP contribution in [-0.4, -0.2) is 48.6 Å². The maximum absolute atomic E-state index is 13.0. The zero-order chi connectivity index (χ0) is 19.6. The van der Waals surface area contributed by atoms with Gasteiger partial charge in [-0.05, 0) is 44.2 Å². The first-order chi connectivity index (χ1) is 12.8. The summed E-state index contributed by atoms with van der Waals surface area (Å²) in [4.78, 5) is 14.8. The number of aryl methyl sites for hydroxylation is 1. The average Bonchev–Trinajstić information content (AvgIpc) is 3.01. The molecule has 1 unspecified atom stereocenters. The van der Waals surface area contributed by atoms with E-state index in [9.17, 15) is 13.2 Å². The van der Waals surface area contributed by atoms with E-state index in [1.807, 2.05) is 38.1 Å². The molecule has 3 rings (SSSR count). The van der Waals surface area contributed by atoms with Crippen LogP contribution in [0.4, 0.5) is 0 Å². The fourth-order valence-electron chi connectivity index (χ4n) is 3.48. The Morgan fingerprint density at radius 2 is 2.07 bits per heavy atom. The molecule has 1 fully saturated rings. The molecule has 0 radical (unpaired) electrons. The van der Waals surface area contributed by atoms with E-state index >= 15 is 0 Å². The van der Waals surface area contributed by atoms with Crippen molar-refractivity contribution in [2.45, 2.75) is 26.7 Å². The van der Waals surface area contributed by atoms with Crippen LogP contribution in [0.2, 0.25) is 0 Å². The maximum atomic E-state index is 13.0. The summed E-state index contributed by atoms with van der Waals surface area (Å²) in [5, 5.41) is 9.41. The number of nitrogens with zero attached hydrogens (tertiary/aromatic N) is 3. The van der Waals surface area contributed by atoms with E-state index in [4.69, 9.17) is 5.14 Å². The fourth-order valence-corrected chi connectivity index (χ4v) is 3.95. The van der Waals surface area contributed by atoms with Gasteiger partial charge in [-0.25, -0.2) is 14.5 Å². The van der Waals surface area contributed by atoms with Gasteiger partial charge in [0.15, 0.2) is 0 Å². The third-order valence-corrected chi connectivity index (χ3v) is 5.53. The SMILES string of the molecule is Cc1ccccc1-n1ncc(C(=O)N2CCCC(CNS(N)(=O)=O)C2)c1C. The molecule has 1 aromatic carbocycles. The van der Waals surface area contributed by atoms with Gasteiger partial charge < -0.3 is 4.90 Å². The van der Waals surface area contributed by atoms with Gasteiger partial charge in [0.05, 0.1) is 23.1 Å². The van der Waals surface area contributed by atoms with Crippen LogP contribution in [0.3, 0.4) is 0 Å². The quantitative estimate of drug-likeness (QED) is 0.796. The van der Waals surface area contributed by atoms with Gasteiger partial charge in [0, 0.05) is 19.6 Å². The number of hydrogen-bond donors (Lipinski definition) is 2. The monoisotopic (exact) mass is 391 g/mol. The van der Waals surface area contributed by atoms with Crippen molar-refractivity contribution in [3.05, 3.63) is 47.3 Å². The van der Waals surface area contributed by atoms with Crippen molar-refractivity contribution in [1.29, 1.82) is 0 Å². The molecule has 146 valence electrons. The van der Waals surface area contributed by atoms with E-state index < -0.39 is 10.2 Å². The molecular formula is C18H25N5O3S. The average molecular weight is 391 g/mol. The molecule has 0 spiro atoms. The Kier molecular flexibility index (Phi) is 5.64. The Morgan fingerprint density at radius 1 is 1.33 bits per heavy atom. The van der Waals surface area contributed by atoms with Crippen molar-refractivity contribution in [3.8, 4) is 5.69 Å². The molecule has 3 N–H and O–H groups in total. The minimum atomic E-state index is -3.72. The lowest BCUT2D eigenvalue weighted by Gasteiger charge is -2.32. The van der Waals surface area contributed by atoms with Crippen LogP contribution in [0.5, 0.6) is 0 Å². The number of nitrogens with two attached hydrogens (primary N) is 1. The van der Waals surface area contributed by atoms with Gasteiger partial charge in [-0.15, -0.1) is 0 Å². The Morgan fingerprint density at radius 3 is 2.78 bits per heavy atom. The number of aromatic nitrogens is 2. The van der Waals surface area contributed by atoms with Gasteiger partial charge in [-0.1, -0.05) is 18.2 Å². The Labute approximate surface area is 159 Å². The van der Waals surface area contributed by atoms with Gasteiger partial charge in [-0.3, -0.25) is 4.79 Å². The highest BCUT2D eigenvalue weighted by molar-refractivity contribution is 7.87. The van der Waals surface area contributed by atoms with E-state index in [0.717, 1.165) is 29.8 Å². The van der Waals surface area contributed by atoms with Crippen LogP contribution in [-0.2, 0) is 10.2 Å². The summed E-state index contributed by atoms with van der Waals surface area (Å²) in [5.74, 6) is -0.0274. The normalized spacial score (nSPS) is 17.9. The molecule has 1 saturated heterocycles. The second kappa shape index (κ2) is 7.79. The molecule has 1 aliphatic rings. The van der Waals surface area contributed by atoms with Gasteiger partial charge >= 0.3 is 0 Å². The molecular weight excluding hydrogens is 366 g/mol. The van der Waals surface area contributed by atoms with Crippen LogP contribution < -0.4 is 9.86 Å². The van der Waals surface area contributed by atoms with Gasteiger partial charge in [0.25, 0.3) is 16.1 Å². The molecule has 1 aromatic heterocycles. The molecule has 27 heavy (non-hydrogen) atoms. The zero-order valence-corrected chi connectivity index (χ0v) is 16.4. The second-order valence-corrected chi connectivity index (χ2v) is 8.37. The van der Waals surface area contributed by atoms with Crippen molar-refractivity contribution >= 4 is 16.1 Å². The van der Waals surface area contributed by atoms with Crippen molar-refractivity contribution < 1.29 is 13.2 Å². The molecule has 0 bridgehead atoms. The van der Waals surface area contributed by atoms with E-state index in [2.05, 4.69) is 9.82 Å². The Hall–Kier alpha value is -2.23. The molecule has 2 aromatic rings. The lowest BCUT2D eigenvalue weighted by Crippen LogP contribution is -2.44. The summed E-state index contributed by atoms with van der Waals surface area (Å²) in [6.45, 7) is 5.28. The van der Waals surface area contributed by atoms with E-state index in [1.54, 1.807) is 15.8 Å². The van der Waals surface area contributed by atoms with E-state index in [1.165, 1.54) is 0 Å². The van der Waals surface area contributed by atoms with Gasteiger partial charge in [0.1, 0.15) is 0 Å². The summed E-state index contributed by atoms with van der Waals surface area (Å²) in [6, 6.07) is 7.89. The zero-order valence-electron chi connectivity index (χ0n) is 15.6. The summed E-state index contributed by atoms with van der Waals surface area (Å²) in [5.41, 5.74) is 3.38. The van der Waals surface area contributed by atoms with Crippen LogP contribution in [0.25, 0.3) is 5.69 Å².